The topological polar surface area (TPSA) is 49.7 Å². The van der Waals surface area contributed by atoms with Gasteiger partial charge < -0.3 is 18.8 Å². The summed E-state index contributed by atoms with van der Waals surface area (Å²) < 4.78 is 18.4. The number of carbonyl (C=O) groups is 1. The third-order valence-corrected chi connectivity index (χ3v) is 4.03. The second-order valence-corrected chi connectivity index (χ2v) is 5.95. The minimum absolute atomic E-state index is 0.0497. The lowest BCUT2D eigenvalue weighted by Gasteiger charge is -2.14. The number of para-hydroxylation sites is 1. The number of benzene rings is 1. The highest BCUT2D eigenvalue weighted by Gasteiger charge is 2.19. The van der Waals surface area contributed by atoms with Gasteiger partial charge in [-0.3, -0.25) is 4.79 Å². The number of carbonyl (C=O) groups excluding carboxylic acids is 1. The number of rotatable bonds is 7. The number of methoxy groups -OCH3 is 2. The van der Waals surface area contributed by atoms with E-state index < -0.39 is 0 Å². The second-order valence-electron chi connectivity index (χ2n) is 5.95. The van der Waals surface area contributed by atoms with Crippen LogP contribution in [0.3, 0.4) is 0 Å². The van der Waals surface area contributed by atoms with E-state index >= 15 is 0 Å². The van der Waals surface area contributed by atoms with Crippen LogP contribution in [0.1, 0.15) is 41.6 Å². The summed E-state index contributed by atoms with van der Waals surface area (Å²) in [7, 11) is 3.11. The molecule has 0 spiro atoms. The monoisotopic (exact) mass is 331 g/mol. The molecule has 130 valence electrons. The molecular weight excluding hydrogens is 306 g/mol. The summed E-state index contributed by atoms with van der Waals surface area (Å²) in [4.78, 5) is 12.6. The molecule has 5 nitrogen and oxygen atoms in total. The predicted octanol–water partition coefficient (Wildman–Crippen LogP) is 3.96. The summed E-state index contributed by atoms with van der Waals surface area (Å²) in [5, 5.41) is 0. The molecular formula is C19H25NO4. The summed E-state index contributed by atoms with van der Waals surface area (Å²) in [6, 6.07) is 7.57. The maximum atomic E-state index is 12.6. The molecule has 0 fully saturated rings. The van der Waals surface area contributed by atoms with Crippen LogP contribution in [0.5, 0.6) is 17.2 Å². The maximum absolute atomic E-state index is 12.6. The molecule has 1 heterocycles. The van der Waals surface area contributed by atoms with Crippen molar-refractivity contribution in [2.75, 3.05) is 20.8 Å². The molecule has 0 atom stereocenters. The van der Waals surface area contributed by atoms with Gasteiger partial charge in [0, 0.05) is 23.0 Å². The van der Waals surface area contributed by atoms with Gasteiger partial charge in [0.05, 0.1) is 14.2 Å². The number of aromatic nitrogens is 1. The highest BCUT2D eigenvalue weighted by molar-refractivity contribution is 5.98. The van der Waals surface area contributed by atoms with E-state index in [2.05, 4.69) is 18.4 Å². The number of ketones is 1. The lowest BCUT2D eigenvalue weighted by molar-refractivity contribution is 0.0918. The third-order valence-electron chi connectivity index (χ3n) is 4.03. The van der Waals surface area contributed by atoms with Crippen molar-refractivity contribution in [1.29, 1.82) is 0 Å². The van der Waals surface area contributed by atoms with E-state index in [1.165, 1.54) is 0 Å². The van der Waals surface area contributed by atoms with E-state index in [-0.39, 0.29) is 12.4 Å². The van der Waals surface area contributed by atoms with Crippen LogP contribution in [0.25, 0.3) is 0 Å². The van der Waals surface area contributed by atoms with E-state index in [9.17, 15) is 4.79 Å². The van der Waals surface area contributed by atoms with Crippen LogP contribution >= 0.6 is 0 Å². The fourth-order valence-electron chi connectivity index (χ4n) is 3.05. The number of aryl methyl sites for hydroxylation is 1. The lowest BCUT2D eigenvalue weighted by Crippen LogP contribution is -2.14. The maximum Gasteiger partial charge on any atom is 0.203 e. The largest absolute Gasteiger partial charge is 0.493 e. The molecule has 0 N–H and O–H groups in total. The number of ether oxygens (including phenoxy) is 3. The van der Waals surface area contributed by atoms with Gasteiger partial charge in [-0.25, -0.2) is 0 Å². The van der Waals surface area contributed by atoms with Gasteiger partial charge in [0.2, 0.25) is 11.5 Å². The Balaban J connectivity index is 2.19. The molecule has 2 rings (SSSR count). The first kappa shape index (κ1) is 17.9. The Labute approximate surface area is 143 Å². The quantitative estimate of drug-likeness (QED) is 0.721. The van der Waals surface area contributed by atoms with Crippen molar-refractivity contribution in [2.45, 2.75) is 33.7 Å². The van der Waals surface area contributed by atoms with E-state index in [1.807, 2.05) is 19.9 Å². The highest BCUT2D eigenvalue weighted by Crippen LogP contribution is 2.36. The smallest absolute Gasteiger partial charge is 0.203 e. The van der Waals surface area contributed by atoms with E-state index in [1.54, 1.807) is 32.4 Å². The highest BCUT2D eigenvalue weighted by atomic mass is 16.5. The summed E-state index contributed by atoms with van der Waals surface area (Å²) >= 11 is 0. The SMILES string of the molecule is COc1cccc(OCC(=O)c2cc(C)n(C(C)C)c2C)c1OC. The molecule has 2 aromatic rings. The van der Waals surface area contributed by atoms with Crippen molar-refractivity contribution in [2.24, 2.45) is 0 Å². The van der Waals surface area contributed by atoms with Gasteiger partial charge in [-0.2, -0.15) is 0 Å². The van der Waals surface area contributed by atoms with Crippen molar-refractivity contribution in [1.82, 2.24) is 4.57 Å². The summed E-state index contributed by atoms with van der Waals surface area (Å²) in [6.45, 7) is 8.13. The zero-order valence-corrected chi connectivity index (χ0v) is 15.2. The van der Waals surface area contributed by atoms with Crippen LogP contribution < -0.4 is 14.2 Å². The standard InChI is InChI=1S/C19H25NO4/c1-12(2)20-13(3)10-15(14(20)4)16(21)11-24-18-9-7-8-17(22-5)19(18)23-6/h7-10,12H,11H2,1-6H3. The molecule has 0 radical (unpaired) electrons. The van der Waals surface area contributed by atoms with Gasteiger partial charge in [0.25, 0.3) is 0 Å². The molecule has 0 saturated heterocycles. The minimum atomic E-state index is -0.0557. The van der Waals surface area contributed by atoms with Gasteiger partial charge in [0.15, 0.2) is 18.1 Å². The molecule has 0 aliphatic carbocycles. The molecule has 1 aromatic heterocycles. The van der Waals surface area contributed by atoms with Crippen LogP contribution in [-0.2, 0) is 0 Å². The third kappa shape index (κ3) is 3.40. The molecule has 0 amide bonds. The predicted molar refractivity (Wildman–Crippen MR) is 93.7 cm³/mol. The summed E-state index contributed by atoms with van der Waals surface area (Å²) in [5.41, 5.74) is 2.74. The Bertz CT molecular complexity index is 731. The molecule has 0 aliphatic heterocycles. The second kappa shape index (κ2) is 7.43. The zero-order chi connectivity index (χ0) is 17.9. The first-order chi connectivity index (χ1) is 11.4. The van der Waals surface area contributed by atoms with E-state index in [0.717, 1.165) is 11.4 Å². The number of hydrogen-bond donors (Lipinski definition) is 0. The Kier molecular flexibility index (Phi) is 5.54. The van der Waals surface area contributed by atoms with Gasteiger partial charge in [-0.15, -0.1) is 0 Å². The van der Waals surface area contributed by atoms with Crippen LogP contribution in [0.2, 0.25) is 0 Å². The van der Waals surface area contributed by atoms with Crippen molar-refractivity contribution in [3.05, 3.63) is 41.2 Å². The zero-order valence-electron chi connectivity index (χ0n) is 15.2. The Morgan fingerprint density at radius 3 is 2.33 bits per heavy atom. The van der Waals surface area contributed by atoms with E-state index in [0.29, 0.717) is 28.9 Å². The van der Waals surface area contributed by atoms with Gasteiger partial charge >= 0.3 is 0 Å². The van der Waals surface area contributed by atoms with Gasteiger partial charge in [0.1, 0.15) is 0 Å². The van der Waals surface area contributed by atoms with Crippen LogP contribution in [0, 0.1) is 13.8 Å². The lowest BCUT2D eigenvalue weighted by atomic mass is 10.1. The van der Waals surface area contributed by atoms with Crippen molar-refractivity contribution in [3.63, 3.8) is 0 Å². The summed E-state index contributed by atoms with van der Waals surface area (Å²) in [6.07, 6.45) is 0. The average Bonchev–Trinajstić information content (AvgIpc) is 2.86. The number of nitrogens with zero attached hydrogens (tertiary/aromatic N) is 1. The molecule has 1 aromatic carbocycles. The summed E-state index contributed by atoms with van der Waals surface area (Å²) in [5.74, 6) is 1.49. The first-order valence-electron chi connectivity index (χ1n) is 7.96. The molecule has 24 heavy (non-hydrogen) atoms. The normalized spacial score (nSPS) is 10.8. The van der Waals surface area contributed by atoms with E-state index in [4.69, 9.17) is 14.2 Å². The van der Waals surface area contributed by atoms with Crippen LogP contribution in [0.4, 0.5) is 0 Å². The van der Waals surface area contributed by atoms with Crippen molar-refractivity contribution >= 4 is 5.78 Å². The molecule has 0 bridgehead atoms. The molecule has 5 heteroatoms. The Morgan fingerprint density at radius 1 is 1.12 bits per heavy atom. The molecule has 0 saturated carbocycles. The number of Topliss-reactive ketones (excluding diaryl/α,β-unsaturated/α-hetero) is 1. The van der Waals surface area contributed by atoms with Crippen molar-refractivity contribution < 1.29 is 19.0 Å². The Morgan fingerprint density at radius 2 is 1.79 bits per heavy atom. The fraction of sp³-hybridized carbons (Fsp3) is 0.421. The van der Waals surface area contributed by atoms with Crippen molar-refractivity contribution in [3.8, 4) is 17.2 Å². The number of hydrogen-bond acceptors (Lipinski definition) is 4. The van der Waals surface area contributed by atoms with Gasteiger partial charge in [-0.1, -0.05) is 6.07 Å². The van der Waals surface area contributed by atoms with Gasteiger partial charge in [-0.05, 0) is 45.9 Å². The molecule has 0 aliphatic rings. The van der Waals surface area contributed by atoms with Crippen LogP contribution in [-0.4, -0.2) is 31.2 Å². The molecule has 0 unspecified atom stereocenters. The Hall–Kier alpha value is -2.43. The fourth-order valence-corrected chi connectivity index (χ4v) is 3.05. The van der Waals surface area contributed by atoms with Crippen LogP contribution in [0.15, 0.2) is 24.3 Å². The average molecular weight is 331 g/mol. The minimum Gasteiger partial charge on any atom is -0.493 e. The first-order valence-corrected chi connectivity index (χ1v) is 7.96.